The van der Waals surface area contributed by atoms with Gasteiger partial charge < -0.3 is 24.1 Å². The molecule has 0 aromatic rings. The Bertz CT molecular complexity index is 157. The first-order valence-electron chi connectivity index (χ1n) is 1.48. The first kappa shape index (κ1) is 18.5. The summed E-state index contributed by atoms with van der Waals surface area (Å²) in [6.07, 6.45) is 0. The van der Waals surface area contributed by atoms with E-state index in [0.29, 0.717) is 0 Å². The Morgan fingerprint density at radius 1 is 1.18 bits per heavy atom. The van der Waals surface area contributed by atoms with Crippen LogP contribution in [0.3, 0.4) is 0 Å². The minimum atomic E-state index is -5.61. The largest absolute Gasteiger partial charge is 2.00 e. The van der Waals surface area contributed by atoms with Crippen molar-refractivity contribution in [3.8, 4) is 0 Å². The minimum Gasteiger partial charge on any atom is -0.790 e. The van der Waals surface area contributed by atoms with Crippen molar-refractivity contribution in [1.29, 1.82) is 0 Å². The van der Waals surface area contributed by atoms with E-state index >= 15 is 0 Å². The smallest absolute Gasteiger partial charge is 0.790 e. The standard InChI is InChI=1S/Mn.Na.H4O7P2/c;;1-8(2,3)7-9(4,5)6/h;;(H2,1,2,3)(H2,4,5,6)/q+2;+1;/p-3. The summed E-state index contributed by atoms with van der Waals surface area (Å²) >= 11 is 0. The normalized spacial score (nSPS) is 15.6. The molecule has 0 heterocycles. The van der Waals surface area contributed by atoms with Crippen LogP contribution < -0.4 is 44.2 Å². The molecule has 0 rings (SSSR count). The third-order valence-electron chi connectivity index (χ3n) is 0.203. The molecule has 0 amide bonds. The number of phosphoric acid groups is 2. The summed E-state index contributed by atoms with van der Waals surface area (Å²) in [6, 6.07) is 0. The summed E-state index contributed by atoms with van der Waals surface area (Å²) in [5.74, 6) is 0. The van der Waals surface area contributed by atoms with Crippen molar-refractivity contribution >= 4 is 15.6 Å². The SMILES string of the molecule is O=P([O-])([O-])OP(=O)([O-])O.[Mn+2].[Na+]. The van der Waals surface area contributed by atoms with Crippen LogP contribution in [0.5, 0.6) is 0 Å². The average Bonchev–Trinajstić information content (AvgIpc) is 1.14. The summed E-state index contributed by atoms with van der Waals surface area (Å²) in [4.78, 5) is 35.7. The fraction of sp³-hybridized carbons (Fsp3) is 0. The zero-order valence-corrected chi connectivity index (χ0v) is 10.1. The topological polar surface area (TPSA) is 133 Å². The molecule has 61 valence electrons. The molecule has 1 N–H and O–H groups in total. The predicted octanol–water partition coefficient (Wildman–Crippen LogP) is -5.71. The molecule has 7 nitrogen and oxygen atoms in total. The first-order chi connectivity index (χ1) is 3.71. The zero-order valence-electron chi connectivity index (χ0n) is 5.17. The van der Waals surface area contributed by atoms with Crippen LogP contribution in [0.4, 0.5) is 0 Å². The minimum absolute atomic E-state index is 0. The van der Waals surface area contributed by atoms with Crippen LogP contribution in [0.2, 0.25) is 0 Å². The van der Waals surface area contributed by atoms with Crippen LogP contribution in [0.15, 0.2) is 0 Å². The van der Waals surface area contributed by atoms with E-state index < -0.39 is 15.6 Å². The van der Waals surface area contributed by atoms with Crippen molar-refractivity contribution in [3.05, 3.63) is 0 Å². The molecule has 0 spiro atoms. The van der Waals surface area contributed by atoms with Crippen molar-refractivity contribution in [2.45, 2.75) is 0 Å². The van der Waals surface area contributed by atoms with Gasteiger partial charge in [-0.3, -0.25) is 8.88 Å². The monoisotopic (exact) mass is 253 g/mol. The van der Waals surface area contributed by atoms with Gasteiger partial charge in [0.15, 0.2) is 0 Å². The number of hydrogen-bond acceptors (Lipinski definition) is 6. The molecule has 0 bridgehead atoms. The van der Waals surface area contributed by atoms with E-state index in [1.54, 1.807) is 0 Å². The quantitative estimate of drug-likeness (QED) is 0.382. The van der Waals surface area contributed by atoms with E-state index in [9.17, 15) is 23.8 Å². The van der Waals surface area contributed by atoms with Crippen molar-refractivity contribution in [2.75, 3.05) is 0 Å². The summed E-state index contributed by atoms with van der Waals surface area (Å²) in [5.41, 5.74) is 0. The van der Waals surface area contributed by atoms with Gasteiger partial charge >= 0.3 is 46.6 Å². The number of rotatable bonds is 2. The van der Waals surface area contributed by atoms with Crippen LogP contribution >= 0.6 is 15.6 Å². The third kappa shape index (κ3) is 18.6. The maximum Gasteiger partial charge on any atom is 2.00 e. The summed E-state index contributed by atoms with van der Waals surface area (Å²) < 4.78 is 21.4. The zero-order chi connectivity index (χ0) is 7.71. The van der Waals surface area contributed by atoms with Gasteiger partial charge in [-0.15, -0.1) is 0 Å². The van der Waals surface area contributed by atoms with Gasteiger partial charge in [-0.1, -0.05) is 0 Å². The second kappa shape index (κ2) is 6.27. The molecule has 0 saturated heterocycles. The van der Waals surface area contributed by atoms with E-state index in [-0.39, 0.29) is 46.6 Å². The van der Waals surface area contributed by atoms with E-state index in [1.165, 1.54) is 0 Å². The van der Waals surface area contributed by atoms with E-state index in [2.05, 4.69) is 4.31 Å². The molecule has 0 aliphatic rings. The van der Waals surface area contributed by atoms with Crippen molar-refractivity contribution in [2.24, 2.45) is 0 Å². The fourth-order valence-electron chi connectivity index (χ4n) is 0.126. The van der Waals surface area contributed by atoms with Crippen LogP contribution in [0.1, 0.15) is 0 Å². The van der Waals surface area contributed by atoms with Gasteiger partial charge in [0.25, 0.3) is 7.82 Å². The predicted molar refractivity (Wildman–Crippen MR) is 18.5 cm³/mol. The molecule has 11 heteroatoms. The van der Waals surface area contributed by atoms with Crippen LogP contribution in [0, 0.1) is 0 Å². The Morgan fingerprint density at radius 2 is 1.45 bits per heavy atom. The van der Waals surface area contributed by atoms with Crippen LogP contribution in [-0.2, 0) is 30.5 Å². The van der Waals surface area contributed by atoms with Gasteiger partial charge in [0.05, 0.1) is 7.82 Å². The maximum atomic E-state index is 9.44. The van der Waals surface area contributed by atoms with Crippen molar-refractivity contribution in [3.63, 3.8) is 0 Å². The molecule has 0 aromatic carbocycles. The van der Waals surface area contributed by atoms with Crippen molar-refractivity contribution < 1.29 is 79.6 Å². The Labute approximate surface area is 94.8 Å². The van der Waals surface area contributed by atoms with E-state index in [1.807, 2.05) is 0 Å². The molecule has 0 aromatic heterocycles. The Kier molecular flexibility index (Phi) is 10.6. The van der Waals surface area contributed by atoms with Gasteiger partial charge in [-0.2, -0.15) is 0 Å². The second-order valence-electron chi connectivity index (χ2n) is 0.997. The van der Waals surface area contributed by atoms with Gasteiger partial charge in [0.1, 0.15) is 0 Å². The van der Waals surface area contributed by atoms with Gasteiger partial charge in [-0.05, 0) is 0 Å². The molecule has 1 atom stereocenters. The molecular weight excluding hydrogens is 252 g/mol. The molecule has 0 fully saturated rings. The Balaban J connectivity index is -0.000000320. The first-order valence-corrected chi connectivity index (χ1v) is 4.43. The Morgan fingerprint density at radius 3 is 1.45 bits per heavy atom. The average molecular weight is 253 g/mol. The van der Waals surface area contributed by atoms with Gasteiger partial charge in [0.2, 0.25) is 0 Å². The van der Waals surface area contributed by atoms with E-state index in [0.717, 1.165) is 0 Å². The van der Waals surface area contributed by atoms with Gasteiger partial charge in [-0.25, -0.2) is 0 Å². The molecule has 0 aliphatic heterocycles. The number of hydrogen-bond donors (Lipinski definition) is 1. The molecular formula is HMnNaO7P2. The molecule has 0 aliphatic carbocycles. The molecule has 11 heavy (non-hydrogen) atoms. The van der Waals surface area contributed by atoms with Gasteiger partial charge in [0, 0.05) is 0 Å². The maximum absolute atomic E-state index is 9.44. The second-order valence-corrected chi connectivity index (χ2v) is 3.48. The molecule has 1 unspecified atom stereocenters. The molecule has 0 saturated carbocycles. The van der Waals surface area contributed by atoms with Crippen LogP contribution in [0.25, 0.3) is 0 Å². The van der Waals surface area contributed by atoms with Crippen LogP contribution in [-0.4, -0.2) is 4.89 Å². The van der Waals surface area contributed by atoms with E-state index in [4.69, 9.17) is 4.89 Å². The summed E-state index contributed by atoms with van der Waals surface area (Å²) in [7, 11) is -11.0. The Hall–Kier alpha value is 1.78. The summed E-state index contributed by atoms with van der Waals surface area (Å²) in [6.45, 7) is 0. The van der Waals surface area contributed by atoms with Crippen molar-refractivity contribution in [1.82, 2.24) is 0 Å². The fourth-order valence-corrected chi connectivity index (χ4v) is 1.14. The third-order valence-corrected chi connectivity index (χ3v) is 1.83. The molecule has 1 radical (unpaired) electrons. The summed E-state index contributed by atoms with van der Waals surface area (Å²) in [5, 5.41) is 0.